The molecule has 0 aliphatic carbocycles. The lowest BCUT2D eigenvalue weighted by molar-refractivity contribution is 0.470. The van der Waals surface area contributed by atoms with Gasteiger partial charge in [0.1, 0.15) is 5.75 Å². The first-order valence-electron chi connectivity index (χ1n) is 9.24. The zero-order chi connectivity index (χ0) is 17.8. The van der Waals surface area contributed by atoms with Crippen LogP contribution in [0.4, 0.5) is 0 Å². The Morgan fingerprint density at radius 2 is 1.33 bits per heavy atom. The van der Waals surface area contributed by atoms with E-state index >= 15 is 0 Å². The smallest absolute Gasteiger partial charge is 0.294 e. The summed E-state index contributed by atoms with van der Waals surface area (Å²) in [6, 6.07) is 3.98. The Morgan fingerprint density at radius 1 is 0.833 bits per heavy atom. The number of rotatable bonds is 13. The van der Waals surface area contributed by atoms with Crippen molar-refractivity contribution in [2.24, 2.45) is 0 Å². The van der Waals surface area contributed by atoms with E-state index in [1.165, 1.54) is 69.6 Å². The maximum Gasteiger partial charge on any atom is 0.294 e. The van der Waals surface area contributed by atoms with Crippen molar-refractivity contribution in [1.82, 2.24) is 0 Å². The molecule has 0 unspecified atom stereocenters. The SMILES string of the molecule is CCCCCCCCCCCCCc1cc(O)ccc1S(=O)(=O)O. The molecule has 0 saturated heterocycles. The Balaban J connectivity index is 2.19. The zero-order valence-electron chi connectivity index (χ0n) is 14.8. The summed E-state index contributed by atoms with van der Waals surface area (Å²) in [4.78, 5) is -0.0904. The Morgan fingerprint density at radius 3 is 1.83 bits per heavy atom. The molecule has 0 atom stereocenters. The first-order valence-corrected chi connectivity index (χ1v) is 10.7. The van der Waals surface area contributed by atoms with Crippen molar-refractivity contribution in [2.45, 2.75) is 88.9 Å². The van der Waals surface area contributed by atoms with E-state index in [-0.39, 0.29) is 10.6 Å². The second kappa shape index (κ2) is 11.5. The molecule has 0 radical (unpaired) electrons. The van der Waals surface area contributed by atoms with Crippen molar-refractivity contribution in [3.05, 3.63) is 23.8 Å². The van der Waals surface area contributed by atoms with E-state index in [4.69, 9.17) is 0 Å². The molecule has 0 aliphatic heterocycles. The van der Waals surface area contributed by atoms with E-state index in [1.807, 2.05) is 0 Å². The third-order valence-corrected chi connectivity index (χ3v) is 5.33. The summed E-state index contributed by atoms with van der Waals surface area (Å²) in [7, 11) is -4.23. The van der Waals surface area contributed by atoms with Crippen molar-refractivity contribution < 1.29 is 18.1 Å². The molecular weight excluding hydrogens is 324 g/mol. The number of phenols is 1. The van der Waals surface area contributed by atoms with Crippen LogP contribution in [0.3, 0.4) is 0 Å². The van der Waals surface area contributed by atoms with E-state index in [1.54, 1.807) is 0 Å². The van der Waals surface area contributed by atoms with Gasteiger partial charge in [-0.3, -0.25) is 4.55 Å². The summed E-state index contributed by atoms with van der Waals surface area (Å²) in [5.74, 6) is 0.0282. The Kier molecular flexibility index (Phi) is 10.0. The van der Waals surface area contributed by atoms with Crippen LogP contribution in [0.15, 0.2) is 23.1 Å². The van der Waals surface area contributed by atoms with E-state index < -0.39 is 10.1 Å². The maximum atomic E-state index is 11.3. The zero-order valence-corrected chi connectivity index (χ0v) is 15.7. The molecule has 1 aromatic carbocycles. The number of aryl methyl sites for hydroxylation is 1. The average Bonchev–Trinajstić information content (AvgIpc) is 2.51. The van der Waals surface area contributed by atoms with Crippen molar-refractivity contribution in [2.75, 3.05) is 0 Å². The predicted octanol–water partition coefficient (Wildman–Crippen LogP) is 5.49. The molecular formula is C19H32O4S. The van der Waals surface area contributed by atoms with Crippen LogP contribution in [-0.2, 0) is 16.5 Å². The largest absolute Gasteiger partial charge is 0.508 e. The highest BCUT2D eigenvalue weighted by Gasteiger charge is 2.15. The predicted molar refractivity (Wildman–Crippen MR) is 98.1 cm³/mol. The summed E-state index contributed by atoms with van der Waals surface area (Å²) in [6.45, 7) is 2.23. The number of aromatic hydroxyl groups is 1. The topological polar surface area (TPSA) is 74.6 Å². The summed E-state index contributed by atoms with van der Waals surface area (Å²) < 4.78 is 31.9. The van der Waals surface area contributed by atoms with E-state index in [2.05, 4.69) is 6.92 Å². The average molecular weight is 357 g/mol. The lowest BCUT2D eigenvalue weighted by atomic mass is 10.0. The molecule has 1 aromatic rings. The Labute approximate surface area is 147 Å². The fourth-order valence-corrected chi connectivity index (χ4v) is 3.72. The fraction of sp³-hybridized carbons (Fsp3) is 0.684. The van der Waals surface area contributed by atoms with Crippen LogP contribution in [0.2, 0.25) is 0 Å². The van der Waals surface area contributed by atoms with E-state index in [0.29, 0.717) is 12.0 Å². The Bertz CT molecular complexity index is 567. The first-order chi connectivity index (χ1) is 11.4. The molecule has 1 rings (SSSR count). The van der Waals surface area contributed by atoms with Crippen LogP contribution in [0.5, 0.6) is 5.75 Å². The van der Waals surface area contributed by atoms with Gasteiger partial charge in [0, 0.05) is 0 Å². The molecule has 24 heavy (non-hydrogen) atoms. The van der Waals surface area contributed by atoms with Crippen LogP contribution < -0.4 is 0 Å². The first kappa shape index (κ1) is 21.0. The molecule has 0 aromatic heterocycles. The molecule has 4 nitrogen and oxygen atoms in total. The Hall–Kier alpha value is -1.07. The summed E-state index contributed by atoms with van der Waals surface area (Å²) in [5, 5.41) is 9.50. The summed E-state index contributed by atoms with van der Waals surface area (Å²) in [5.41, 5.74) is 0.494. The van der Waals surface area contributed by atoms with Gasteiger partial charge < -0.3 is 5.11 Å². The molecule has 0 aliphatic rings. The van der Waals surface area contributed by atoms with E-state index in [9.17, 15) is 18.1 Å². The van der Waals surface area contributed by atoms with Gasteiger partial charge in [0.15, 0.2) is 0 Å². The van der Waals surface area contributed by atoms with Gasteiger partial charge in [-0.15, -0.1) is 0 Å². The molecule has 0 amide bonds. The molecule has 2 N–H and O–H groups in total. The molecule has 0 spiro atoms. The molecule has 5 heteroatoms. The quantitative estimate of drug-likeness (QED) is 0.362. The van der Waals surface area contributed by atoms with Crippen molar-refractivity contribution in [3.8, 4) is 5.75 Å². The highest BCUT2D eigenvalue weighted by molar-refractivity contribution is 7.85. The maximum absolute atomic E-state index is 11.3. The summed E-state index contributed by atoms with van der Waals surface area (Å²) >= 11 is 0. The van der Waals surface area contributed by atoms with Gasteiger partial charge in [0.25, 0.3) is 10.1 Å². The van der Waals surface area contributed by atoms with Crippen LogP contribution >= 0.6 is 0 Å². The molecule has 0 saturated carbocycles. The van der Waals surface area contributed by atoms with Gasteiger partial charge in [-0.2, -0.15) is 8.42 Å². The van der Waals surface area contributed by atoms with Crippen molar-refractivity contribution in [1.29, 1.82) is 0 Å². The van der Waals surface area contributed by atoms with Gasteiger partial charge in [0.05, 0.1) is 4.90 Å². The number of phenolic OH excluding ortho intramolecular Hbond substituents is 1. The summed E-state index contributed by atoms with van der Waals surface area (Å²) in [6.07, 6.45) is 14.1. The van der Waals surface area contributed by atoms with Gasteiger partial charge in [-0.05, 0) is 36.6 Å². The number of unbranched alkanes of at least 4 members (excludes halogenated alkanes) is 10. The van der Waals surface area contributed by atoms with Crippen LogP contribution in [-0.4, -0.2) is 18.1 Å². The van der Waals surface area contributed by atoms with Crippen molar-refractivity contribution >= 4 is 10.1 Å². The van der Waals surface area contributed by atoms with Crippen LogP contribution in [0, 0.1) is 0 Å². The number of benzene rings is 1. The molecule has 0 fully saturated rings. The standard InChI is InChI=1S/C19H32O4S/c1-2-3-4-5-6-7-8-9-10-11-12-13-17-16-18(20)14-15-19(17)24(21,22)23/h14-16,20H,2-13H2,1H3,(H,21,22,23). The van der Waals surface area contributed by atoms with Gasteiger partial charge in [0.2, 0.25) is 0 Å². The lowest BCUT2D eigenvalue weighted by Gasteiger charge is -2.08. The van der Waals surface area contributed by atoms with E-state index in [0.717, 1.165) is 19.3 Å². The lowest BCUT2D eigenvalue weighted by Crippen LogP contribution is -2.03. The molecule has 0 bridgehead atoms. The van der Waals surface area contributed by atoms with Crippen LogP contribution in [0.25, 0.3) is 0 Å². The molecule has 138 valence electrons. The van der Waals surface area contributed by atoms with Gasteiger partial charge in [-0.25, -0.2) is 0 Å². The molecule has 0 heterocycles. The minimum absolute atomic E-state index is 0.0282. The second-order valence-electron chi connectivity index (χ2n) is 6.55. The highest BCUT2D eigenvalue weighted by Crippen LogP contribution is 2.23. The van der Waals surface area contributed by atoms with Crippen LogP contribution in [0.1, 0.15) is 83.1 Å². The van der Waals surface area contributed by atoms with Gasteiger partial charge >= 0.3 is 0 Å². The van der Waals surface area contributed by atoms with Crippen molar-refractivity contribution in [3.63, 3.8) is 0 Å². The minimum Gasteiger partial charge on any atom is -0.508 e. The monoisotopic (exact) mass is 356 g/mol. The van der Waals surface area contributed by atoms with Gasteiger partial charge in [-0.1, -0.05) is 71.1 Å². The third kappa shape index (κ3) is 8.69. The number of hydrogen-bond donors (Lipinski definition) is 2. The third-order valence-electron chi connectivity index (χ3n) is 4.37. The number of hydrogen-bond acceptors (Lipinski definition) is 3. The fourth-order valence-electron chi connectivity index (χ4n) is 2.99. The minimum atomic E-state index is -4.23. The highest BCUT2D eigenvalue weighted by atomic mass is 32.2. The normalized spacial score (nSPS) is 11.8. The second-order valence-corrected chi connectivity index (χ2v) is 7.94.